The normalized spacial score (nSPS) is 19.4. The van der Waals surface area contributed by atoms with Crippen molar-refractivity contribution in [2.75, 3.05) is 13.1 Å². The van der Waals surface area contributed by atoms with Crippen molar-refractivity contribution in [2.24, 2.45) is 0 Å². The van der Waals surface area contributed by atoms with E-state index in [1.54, 1.807) is 0 Å². The van der Waals surface area contributed by atoms with E-state index in [-0.39, 0.29) is 22.2 Å². The van der Waals surface area contributed by atoms with Crippen LogP contribution < -0.4 is 5.32 Å². The van der Waals surface area contributed by atoms with Crippen molar-refractivity contribution in [3.63, 3.8) is 0 Å². The average molecular weight is 329 g/mol. The maximum Gasteiger partial charge on any atom is 0.417 e. The van der Waals surface area contributed by atoms with Crippen molar-refractivity contribution in [2.45, 2.75) is 29.8 Å². The summed E-state index contributed by atoms with van der Waals surface area (Å²) in [5.74, 6) is 0.742. The van der Waals surface area contributed by atoms with E-state index < -0.39 is 11.7 Å². The molecule has 1 saturated heterocycles. The highest BCUT2D eigenvalue weighted by molar-refractivity contribution is 7.80. The third-order valence-electron chi connectivity index (χ3n) is 3.65. The van der Waals surface area contributed by atoms with Crippen LogP contribution in [0.5, 0.6) is 0 Å². The number of halogens is 3. The molecule has 1 fully saturated rings. The number of nitrogens with one attached hydrogen (secondary N) is 1. The molecule has 1 unspecified atom stereocenters. The summed E-state index contributed by atoms with van der Waals surface area (Å²) in [5, 5.41) is 7.04. The van der Waals surface area contributed by atoms with Gasteiger partial charge >= 0.3 is 6.18 Å². The number of rotatable bonds is 2. The number of thiol groups is 1. The van der Waals surface area contributed by atoms with Crippen molar-refractivity contribution in [1.82, 2.24) is 15.5 Å². The minimum atomic E-state index is -4.47. The Bertz CT molecular complexity index is 666. The third kappa shape index (κ3) is 3.12. The van der Waals surface area contributed by atoms with Gasteiger partial charge in [0.1, 0.15) is 0 Å². The number of aromatic nitrogens is 2. The Labute approximate surface area is 130 Å². The lowest BCUT2D eigenvalue weighted by atomic mass is 10.00. The Hall–Kier alpha value is -1.54. The van der Waals surface area contributed by atoms with Crippen molar-refractivity contribution in [1.29, 1.82) is 0 Å². The number of hydrogen-bond acceptors (Lipinski definition) is 5. The number of hydrogen-bond donors (Lipinski definition) is 2. The smallest absolute Gasteiger partial charge is 0.339 e. The first-order valence-corrected chi connectivity index (χ1v) is 7.35. The minimum Gasteiger partial charge on any atom is -0.339 e. The van der Waals surface area contributed by atoms with Crippen LogP contribution in [0, 0.1) is 0 Å². The molecule has 1 aliphatic rings. The van der Waals surface area contributed by atoms with Crippen molar-refractivity contribution in [3.8, 4) is 11.4 Å². The number of alkyl halides is 3. The summed E-state index contributed by atoms with van der Waals surface area (Å²) < 4.78 is 44.0. The number of piperidine rings is 1. The van der Waals surface area contributed by atoms with E-state index in [1.807, 2.05) is 0 Å². The Balaban J connectivity index is 1.90. The molecule has 22 heavy (non-hydrogen) atoms. The second-order valence-corrected chi connectivity index (χ2v) is 5.71. The lowest BCUT2D eigenvalue weighted by Crippen LogP contribution is -2.28. The lowest BCUT2D eigenvalue weighted by molar-refractivity contribution is -0.139. The SMILES string of the molecule is FC(F)(F)c1cc(-c2noc(C3CCCNC3)n2)ccc1S. The van der Waals surface area contributed by atoms with Gasteiger partial charge in [-0.25, -0.2) is 0 Å². The second kappa shape index (κ2) is 5.92. The first-order chi connectivity index (χ1) is 10.4. The largest absolute Gasteiger partial charge is 0.417 e. The van der Waals surface area contributed by atoms with Crippen LogP contribution in [0.4, 0.5) is 13.2 Å². The highest BCUT2D eigenvalue weighted by Crippen LogP contribution is 2.36. The van der Waals surface area contributed by atoms with Gasteiger partial charge in [0, 0.05) is 17.0 Å². The van der Waals surface area contributed by atoms with Crippen LogP contribution in [0.2, 0.25) is 0 Å². The van der Waals surface area contributed by atoms with E-state index >= 15 is 0 Å². The van der Waals surface area contributed by atoms with E-state index in [1.165, 1.54) is 12.1 Å². The molecule has 118 valence electrons. The Morgan fingerprint density at radius 1 is 1.32 bits per heavy atom. The van der Waals surface area contributed by atoms with Gasteiger partial charge in [0.25, 0.3) is 0 Å². The summed E-state index contributed by atoms with van der Waals surface area (Å²) in [6.45, 7) is 1.70. The molecule has 0 aliphatic carbocycles. The monoisotopic (exact) mass is 329 g/mol. The molecule has 8 heteroatoms. The molecule has 1 N–H and O–H groups in total. The van der Waals surface area contributed by atoms with Crippen LogP contribution in [-0.4, -0.2) is 23.2 Å². The molecule has 0 radical (unpaired) electrons. The highest BCUT2D eigenvalue weighted by atomic mass is 32.1. The zero-order valence-electron chi connectivity index (χ0n) is 11.5. The Morgan fingerprint density at radius 2 is 2.14 bits per heavy atom. The molecule has 4 nitrogen and oxygen atoms in total. The standard InChI is InChI=1S/C14H14F3N3OS/c15-14(16,17)10-6-8(3-4-11(10)22)12-19-13(21-20-12)9-2-1-5-18-7-9/h3-4,6,9,18,22H,1-2,5,7H2. The number of nitrogens with zero attached hydrogens (tertiary/aromatic N) is 2. The minimum absolute atomic E-state index is 0.112. The van der Waals surface area contributed by atoms with Gasteiger partial charge in [-0.3, -0.25) is 0 Å². The van der Waals surface area contributed by atoms with Crippen molar-refractivity contribution < 1.29 is 17.7 Å². The summed E-state index contributed by atoms with van der Waals surface area (Å²) >= 11 is 3.85. The predicted octanol–water partition coefficient (Wildman–Crippen LogP) is 3.51. The summed E-state index contributed by atoms with van der Waals surface area (Å²) in [4.78, 5) is 4.12. The van der Waals surface area contributed by atoms with E-state index in [4.69, 9.17) is 4.52 Å². The van der Waals surface area contributed by atoms with Gasteiger partial charge < -0.3 is 9.84 Å². The fraction of sp³-hybridized carbons (Fsp3) is 0.429. The first-order valence-electron chi connectivity index (χ1n) is 6.90. The van der Waals surface area contributed by atoms with Gasteiger partial charge in [-0.1, -0.05) is 5.16 Å². The molecule has 1 aromatic carbocycles. The fourth-order valence-corrected chi connectivity index (χ4v) is 2.75. The molecule has 1 aromatic heterocycles. The Kier molecular flexibility index (Phi) is 4.14. The molecule has 2 heterocycles. The number of benzene rings is 1. The van der Waals surface area contributed by atoms with Gasteiger partial charge in [0.05, 0.1) is 11.5 Å². The average Bonchev–Trinajstić information content (AvgIpc) is 2.97. The van der Waals surface area contributed by atoms with E-state index in [9.17, 15) is 13.2 Å². The summed E-state index contributed by atoms with van der Waals surface area (Å²) in [6.07, 6.45) is -2.53. The highest BCUT2D eigenvalue weighted by Gasteiger charge is 2.33. The molecule has 0 amide bonds. The molecule has 2 aromatic rings. The van der Waals surface area contributed by atoms with Crippen molar-refractivity contribution >= 4 is 12.6 Å². The summed E-state index contributed by atoms with van der Waals surface area (Å²) in [6, 6.07) is 3.79. The lowest BCUT2D eigenvalue weighted by Gasteiger charge is -2.18. The van der Waals surface area contributed by atoms with E-state index in [0.29, 0.717) is 5.89 Å². The molecular formula is C14H14F3N3OS. The quantitative estimate of drug-likeness (QED) is 0.828. The van der Waals surface area contributed by atoms with Crippen molar-refractivity contribution in [3.05, 3.63) is 29.7 Å². The van der Waals surface area contributed by atoms with Gasteiger partial charge in [0.15, 0.2) is 0 Å². The maximum atomic E-state index is 12.9. The van der Waals surface area contributed by atoms with Gasteiger partial charge in [-0.05, 0) is 37.6 Å². The fourth-order valence-electron chi connectivity index (χ4n) is 2.48. The molecule has 0 saturated carbocycles. The van der Waals surface area contributed by atoms with Crippen LogP contribution >= 0.6 is 12.6 Å². The summed E-state index contributed by atoms with van der Waals surface area (Å²) in [7, 11) is 0. The predicted molar refractivity (Wildman–Crippen MR) is 76.8 cm³/mol. The molecule has 1 aliphatic heterocycles. The zero-order valence-corrected chi connectivity index (χ0v) is 12.4. The van der Waals surface area contributed by atoms with Gasteiger partial charge in [0.2, 0.25) is 11.7 Å². The summed E-state index contributed by atoms with van der Waals surface area (Å²) in [5.41, 5.74) is -0.539. The molecule has 1 atom stereocenters. The van der Waals surface area contributed by atoms with Crippen LogP contribution in [0.1, 0.15) is 30.2 Å². The first kappa shape index (κ1) is 15.4. The van der Waals surface area contributed by atoms with Crippen LogP contribution in [0.15, 0.2) is 27.6 Å². The Morgan fingerprint density at radius 3 is 2.82 bits per heavy atom. The molecule has 3 rings (SSSR count). The molecule has 0 bridgehead atoms. The van der Waals surface area contributed by atoms with Crippen LogP contribution in [-0.2, 0) is 6.18 Å². The zero-order chi connectivity index (χ0) is 15.7. The van der Waals surface area contributed by atoms with E-state index in [0.717, 1.165) is 32.0 Å². The van der Waals surface area contributed by atoms with Crippen LogP contribution in [0.3, 0.4) is 0 Å². The van der Waals surface area contributed by atoms with E-state index in [2.05, 4.69) is 28.1 Å². The van der Waals surface area contributed by atoms with Crippen LogP contribution in [0.25, 0.3) is 11.4 Å². The maximum absolute atomic E-state index is 12.9. The topological polar surface area (TPSA) is 51.0 Å². The second-order valence-electron chi connectivity index (χ2n) is 5.23. The van der Waals surface area contributed by atoms with Gasteiger partial charge in [-0.15, -0.1) is 12.6 Å². The third-order valence-corrected chi connectivity index (χ3v) is 4.04. The molecular weight excluding hydrogens is 315 g/mol. The van der Waals surface area contributed by atoms with Gasteiger partial charge in [-0.2, -0.15) is 18.2 Å². The molecule has 0 spiro atoms.